The molecule has 1 aromatic heterocycles. The fourth-order valence-corrected chi connectivity index (χ4v) is 3.39. The van der Waals surface area contributed by atoms with Crippen LogP contribution in [0.3, 0.4) is 0 Å². The number of halogens is 2. The number of carboxylic acids is 1. The first kappa shape index (κ1) is 22.7. The highest BCUT2D eigenvalue weighted by Gasteiger charge is 2.23. The number of nitrogens with one attached hydrogen (secondary N) is 1. The molecule has 7 nitrogen and oxygen atoms in total. The Bertz CT molecular complexity index is 1170. The van der Waals surface area contributed by atoms with E-state index in [0.29, 0.717) is 32.4 Å². The van der Waals surface area contributed by atoms with Gasteiger partial charge in [-0.15, -0.1) is 0 Å². The lowest BCUT2D eigenvalue weighted by molar-refractivity contribution is -0.135. The SMILES string of the molecule is CC(=O)c1c(-c2ccc(Cl)cc2)c(-c2ccc(Cl)cc2)nn(CCNCC(=O)O)c1=O. The van der Waals surface area contributed by atoms with Gasteiger partial charge in [0.2, 0.25) is 0 Å². The van der Waals surface area contributed by atoms with Crippen molar-refractivity contribution < 1.29 is 14.7 Å². The van der Waals surface area contributed by atoms with Crippen LogP contribution in [0.25, 0.3) is 22.4 Å². The summed E-state index contributed by atoms with van der Waals surface area (Å²) >= 11 is 12.0. The van der Waals surface area contributed by atoms with Gasteiger partial charge in [-0.3, -0.25) is 14.4 Å². The zero-order chi connectivity index (χ0) is 22.5. The van der Waals surface area contributed by atoms with Crippen LogP contribution < -0.4 is 10.9 Å². The van der Waals surface area contributed by atoms with Crippen molar-refractivity contribution in [3.05, 3.63) is 74.5 Å². The van der Waals surface area contributed by atoms with Crippen molar-refractivity contribution in [3.63, 3.8) is 0 Å². The van der Waals surface area contributed by atoms with E-state index in [1.54, 1.807) is 48.5 Å². The van der Waals surface area contributed by atoms with E-state index in [1.165, 1.54) is 11.6 Å². The van der Waals surface area contributed by atoms with Gasteiger partial charge in [-0.2, -0.15) is 5.10 Å². The minimum atomic E-state index is -1.01. The van der Waals surface area contributed by atoms with E-state index in [2.05, 4.69) is 10.4 Å². The smallest absolute Gasteiger partial charge is 0.317 e. The molecule has 0 saturated heterocycles. The van der Waals surface area contributed by atoms with Gasteiger partial charge in [-0.1, -0.05) is 47.5 Å². The third kappa shape index (κ3) is 5.38. The van der Waals surface area contributed by atoms with E-state index in [1.807, 2.05) is 0 Å². The standard InChI is InChI=1S/C22H19Cl2N3O4/c1-13(28)19-20(14-2-6-16(23)7-3-14)21(15-4-8-17(24)9-5-15)26-27(22(19)31)11-10-25-12-18(29)30/h2-9,25H,10-12H2,1H3,(H,29,30). The summed E-state index contributed by atoms with van der Waals surface area (Å²) in [5.41, 5.74) is 1.59. The topological polar surface area (TPSA) is 101 Å². The van der Waals surface area contributed by atoms with Crippen LogP contribution >= 0.6 is 23.2 Å². The minimum absolute atomic E-state index is 0.000469. The van der Waals surface area contributed by atoms with Crippen LogP contribution in [-0.2, 0) is 11.3 Å². The van der Waals surface area contributed by atoms with Gasteiger partial charge < -0.3 is 10.4 Å². The molecule has 1 heterocycles. The van der Waals surface area contributed by atoms with Crippen LogP contribution in [-0.4, -0.2) is 39.7 Å². The third-order valence-corrected chi connectivity index (χ3v) is 5.04. The molecule has 0 amide bonds. The van der Waals surface area contributed by atoms with Gasteiger partial charge in [0.15, 0.2) is 5.78 Å². The fourth-order valence-electron chi connectivity index (χ4n) is 3.14. The number of carboxylic acid groups (broad SMARTS) is 1. The molecule has 2 aromatic carbocycles. The first-order valence-corrected chi connectivity index (χ1v) is 10.1. The molecule has 2 N–H and O–H groups in total. The number of aromatic nitrogens is 2. The summed E-state index contributed by atoms with van der Waals surface area (Å²) in [4.78, 5) is 36.4. The van der Waals surface area contributed by atoms with Gasteiger partial charge in [-0.25, -0.2) is 4.68 Å². The van der Waals surface area contributed by atoms with Crippen molar-refractivity contribution in [2.24, 2.45) is 0 Å². The summed E-state index contributed by atoms with van der Waals surface area (Å²) in [6, 6.07) is 13.7. The zero-order valence-corrected chi connectivity index (χ0v) is 18.1. The number of rotatable bonds is 8. The molecule has 31 heavy (non-hydrogen) atoms. The number of hydrogen-bond acceptors (Lipinski definition) is 5. The van der Waals surface area contributed by atoms with E-state index in [-0.39, 0.29) is 25.2 Å². The Hall–Kier alpha value is -3.00. The maximum absolute atomic E-state index is 13.1. The van der Waals surface area contributed by atoms with Gasteiger partial charge in [0.05, 0.1) is 24.3 Å². The first-order chi connectivity index (χ1) is 14.8. The maximum Gasteiger partial charge on any atom is 0.317 e. The molecule has 0 atom stereocenters. The molecule has 0 fully saturated rings. The molecule has 0 aliphatic carbocycles. The number of nitrogens with zero attached hydrogens (tertiary/aromatic N) is 2. The van der Waals surface area contributed by atoms with E-state index in [4.69, 9.17) is 28.3 Å². The lowest BCUT2D eigenvalue weighted by Crippen LogP contribution is -2.34. The van der Waals surface area contributed by atoms with Crippen molar-refractivity contribution in [2.75, 3.05) is 13.1 Å². The summed E-state index contributed by atoms with van der Waals surface area (Å²) in [5.74, 6) is -1.41. The number of hydrogen-bond donors (Lipinski definition) is 2. The van der Waals surface area contributed by atoms with Crippen LogP contribution in [0.5, 0.6) is 0 Å². The minimum Gasteiger partial charge on any atom is -0.480 e. The second-order valence-electron chi connectivity index (χ2n) is 6.77. The molecule has 0 aliphatic heterocycles. The lowest BCUT2D eigenvalue weighted by atomic mass is 9.94. The number of carbonyl (C=O) groups excluding carboxylic acids is 1. The second-order valence-corrected chi connectivity index (χ2v) is 7.64. The van der Waals surface area contributed by atoms with Crippen molar-refractivity contribution in [2.45, 2.75) is 13.5 Å². The van der Waals surface area contributed by atoms with Crippen molar-refractivity contribution in [1.82, 2.24) is 15.1 Å². The quantitative estimate of drug-likeness (QED) is 0.392. The van der Waals surface area contributed by atoms with E-state index >= 15 is 0 Å². The summed E-state index contributed by atoms with van der Waals surface area (Å²) in [7, 11) is 0. The van der Waals surface area contributed by atoms with E-state index in [9.17, 15) is 14.4 Å². The summed E-state index contributed by atoms with van der Waals surface area (Å²) in [6.45, 7) is 1.36. The van der Waals surface area contributed by atoms with Crippen LogP contribution in [0.1, 0.15) is 17.3 Å². The number of Topliss-reactive ketones (excluding diaryl/α,β-unsaturated/α-hetero) is 1. The summed E-state index contributed by atoms with van der Waals surface area (Å²) < 4.78 is 1.18. The van der Waals surface area contributed by atoms with Crippen molar-refractivity contribution in [3.8, 4) is 22.4 Å². The predicted octanol–water partition coefficient (Wildman–Crippen LogP) is 3.76. The van der Waals surface area contributed by atoms with Gasteiger partial charge in [0.1, 0.15) is 0 Å². The van der Waals surface area contributed by atoms with Gasteiger partial charge in [0.25, 0.3) is 5.56 Å². The monoisotopic (exact) mass is 459 g/mol. The Morgan fingerprint density at radius 2 is 1.55 bits per heavy atom. The summed E-state index contributed by atoms with van der Waals surface area (Å²) in [5, 5.41) is 17.1. The average Bonchev–Trinajstić information content (AvgIpc) is 2.72. The highest BCUT2D eigenvalue weighted by Crippen LogP contribution is 2.33. The first-order valence-electron chi connectivity index (χ1n) is 9.38. The lowest BCUT2D eigenvalue weighted by Gasteiger charge is -2.16. The van der Waals surface area contributed by atoms with Crippen LogP contribution in [0, 0.1) is 0 Å². The van der Waals surface area contributed by atoms with Gasteiger partial charge in [-0.05, 0) is 36.8 Å². The molecule has 3 aromatic rings. The summed E-state index contributed by atoms with van der Waals surface area (Å²) in [6.07, 6.45) is 0. The predicted molar refractivity (Wildman–Crippen MR) is 120 cm³/mol. The fraction of sp³-hybridized carbons (Fsp3) is 0.182. The molecular formula is C22H19Cl2N3O4. The largest absolute Gasteiger partial charge is 0.480 e. The number of ketones is 1. The average molecular weight is 460 g/mol. The second kappa shape index (κ2) is 9.87. The van der Waals surface area contributed by atoms with Crippen molar-refractivity contribution >= 4 is 35.0 Å². The van der Waals surface area contributed by atoms with Crippen LogP contribution in [0.2, 0.25) is 10.0 Å². The normalized spacial score (nSPS) is 10.8. The Kier molecular flexibility index (Phi) is 7.22. The molecule has 160 valence electrons. The Labute approximate surface area is 188 Å². The molecule has 0 radical (unpaired) electrons. The third-order valence-electron chi connectivity index (χ3n) is 4.54. The Balaban J connectivity index is 2.21. The van der Waals surface area contributed by atoms with Gasteiger partial charge in [0, 0.05) is 27.7 Å². The molecule has 0 aliphatic rings. The maximum atomic E-state index is 13.1. The van der Waals surface area contributed by atoms with E-state index in [0.717, 1.165) is 0 Å². The van der Waals surface area contributed by atoms with Crippen LogP contribution in [0.4, 0.5) is 0 Å². The molecule has 0 spiro atoms. The highest BCUT2D eigenvalue weighted by atomic mass is 35.5. The Morgan fingerprint density at radius 1 is 1.00 bits per heavy atom. The Morgan fingerprint density at radius 3 is 2.06 bits per heavy atom. The molecule has 3 rings (SSSR count). The zero-order valence-electron chi connectivity index (χ0n) is 16.6. The molecule has 0 bridgehead atoms. The molecular weight excluding hydrogens is 441 g/mol. The van der Waals surface area contributed by atoms with Crippen molar-refractivity contribution in [1.29, 1.82) is 0 Å². The van der Waals surface area contributed by atoms with E-state index < -0.39 is 17.3 Å². The van der Waals surface area contributed by atoms with Gasteiger partial charge >= 0.3 is 5.97 Å². The molecule has 0 saturated carbocycles. The molecule has 0 unspecified atom stereocenters. The number of carbonyl (C=O) groups is 2. The molecule has 9 heteroatoms. The number of aliphatic carboxylic acids is 1. The highest BCUT2D eigenvalue weighted by molar-refractivity contribution is 6.31. The number of benzene rings is 2. The van der Waals surface area contributed by atoms with Crippen LogP contribution in [0.15, 0.2) is 53.3 Å².